The molecule has 1 fully saturated rings. The van der Waals surface area contributed by atoms with Crippen LogP contribution in [0.4, 0.5) is 5.82 Å². The van der Waals surface area contributed by atoms with Crippen molar-refractivity contribution in [1.29, 1.82) is 0 Å². The van der Waals surface area contributed by atoms with Crippen molar-refractivity contribution < 1.29 is 11.0 Å². The number of halogens is 1. The number of ketones is 1. The molecule has 0 spiro atoms. The molecule has 4 rings (SSSR count). The molecule has 166 valence electrons. The summed E-state index contributed by atoms with van der Waals surface area (Å²) in [6.45, 7) is 4.54. The maximum Gasteiger partial charge on any atom is 0.227 e. The molecular formula is C25H27ClN4O2. The molecule has 2 aromatic heterocycles. The van der Waals surface area contributed by atoms with Crippen LogP contribution in [0.3, 0.4) is 0 Å². The number of amides is 1. The Morgan fingerprint density at radius 2 is 1.84 bits per heavy atom. The normalized spacial score (nSPS) is 14.2. The van der Waals surface area contributed by atoms with Gasteiger partial charge in [0.1, 0.15) is 11.5 Å². The van der Waals surface area contributed by atoms with E-state index in [-0.39, 0.29) is 13.1 Å². The Labute approximate surface area is 194 Å². The van der Waals surface area contributed by atoms with E-state index in [1.165, 1.54) is 0 Å². The monoisotopic (exact) mass is 450 g/mol. The highest BCUT2D eigenvalue weighted by molar-refractivity contribution is 6.31. The Morgan fingerprint density at radius 1 is 1.00 bits per heavy atom. The number of rotatable bonds is 5. The van der Waals surface area contributed by atoms with Gasteiger partial charge in [-0.15, -0.1) is 0 Å². The number of hydrogen-bond donors (Lipinski definition) is 0. The summed E-state index contributed by atoms with van der Waals surface area (Å²) in [5, 5.41) is 0.617. The Hall–Kier alpha value is -3.25. The largest absolute Gasteiger partial charge is 0.355 e. The van der Waals surface area contributed by atoms with Crippen molar-refractivity contribution in [1.82, 2.24) is 14.9 Å². The van der Waals surface area contributed by atoms with E-state index in [1.54, 1.807) is 30.5 Å². The van der Waals surface area contributed by atoms with Crippen molar-refractivity contribution in [2.24, 2.45) is 0 Å². The Kier molecular flexibility index (Phi) is 6.81. The first-order chi connectivity index (χ1) is 15.5. The van der Waals surface area contributed by atoms with Crippen LogP contribution in [-0.4, -0.2) is 52.7 Å². The van der Waals surface area contributed by atoms with Crippen LogP contribution in [-0.2, 0) is 11.2 Å². The van der Waals surface area contributed by atoms with Crippen molar-refractivity contribution in [2.75, 3.05) is 31.1 Å². The van der Waals surface area contributed by atoms with Gasteiger partial charge in [0.25, 0.3) is 0 Å². The number of anilines is 1. The summed E-state index contributed by atoms with van der Waals surface area (Å²) in [4.78, 5) is 38.6. The van der Waals surface area contributed by atoms with Gasteiger partial charge in [-0.25, -0.2) is 4.98 Å². The van der Waals surface area contributed by atoms with Gasteiger partial charge in [-0.2, -0.15) is 0 Å². The zero-order valence-corrected chi connectivity index (χ0v) is 18.8. The average Bonchev–Trinajstić information content (AvgIpc) is 3.07. The first kappa shape index (κ1) is 22.0. The second kappa shape index (κ2) is 9.92. The van der Waals surface area contributed by atoms with E-state index in [4.69, 9.17) is 11.6 Å². The Bertz CT molecular complexity index is 1140. The first-order valence-electron chi connectivity index (χ1n) is 10.7. The SMILES string of the molecule is Cc1ncccc1C(=O)c1cccc(N2CCCN(C(=O)Cc3ccccc3Cl)CC2)n1.[HH]. The van der Waals surface area contributed by atoms with E-state index >= 15 is 0 Å². The lowest BCUT2D eigenvalue weighted by Gasteiger charge is -2.23. The molecule has 0 saturated carbocycles. The third-order valence-corrected chi connectivity index (χ3v) is 6.06. The Balaban J connectivity index is 0.00000306. The highest BCUT2D eigenvalue weighted by Crippen LogP contribution is 2.19. The lowest BCUT2D eigenvalue weighted by molar-refractivity contribution is -0.130. The molecule has 0 bridgehead atoms. The summed E-state index contributed by atoms with van der Waals surface area (Å²) in [5.74, 6) is 0.686. The second-order valence-electron chi connectivity index (χ2n) is 7.84. The predicted octanol–water partition coefficient (Wildman–Crippen LogP) is 4.20. The molecule has 1 amide bonds. The van der Waals surface area contributed by atoms with Crippen LogP contribution in [0.5, 0.6) is 0 Å². The molecule has 0 atom stereocenters. The van der Waals surface area contributed by atoms with Crippen LogP contribution >= 0.6 is 11.6 Å². The van der Waals surface area contributed by atoms with E-state index < -0.39 is 0 Å². The van der Waals surface area contributed by atoms with Crippen LogP contribution in [0.15, 0.2) is 60.8 Å². The molecule has 1 aromatic carbocycles. The van der Waals surface area contributed by atoms with Crippen molar-refractivity contribution in [2.45, 2.75) is 19.8 Å². The van der Waals surface area contributed by atoms with Gasteiger partial charge in [0.15, 0.2) is 0 Å². The van der Waals surface area contributed by atoms with Crippen LogP contribution in [0.2, 0.25) is 5.02 Å². The molecule has 32 heavy (non-hydrogen) atoms. The molecule has 0 radical (unpaired) electrons. The van der Waals surface area contributed by atoms with Gasteiger partial charge < -0.3 is 9.80 Å². The maximum atomic E-state index is 12.9. The van der Waals surface area contributed by atoms with Gasteiger partial charge in [0.05, 0.1) is 6.42 Å². The Morgan fingerprint density at radius 3 is 2.66 bits per heavy atom. The number of carbonyl (C=O) groups is 2. The van der Waals surface area contributed by atoms with Gasteiger partial charge in [-0.1, -0.05) is 35.9 Å². The third kappa shape index (κ3) is 4.97. The fraction of sp³-hybridized carbons (Fsp3) is 0.280. The van der Waals surface area contributed by atoms with Gasteiger partial charge in [0.2, 0.25) is 11.7 Å². The van der Waals surface area contributed by atoms with Gasteiger partial charge in [-0.05, 0) is 49.2 Å². The zero-order chi connectivity index (χ0) is 22.5. The van der Waals surface area contributed by atoms with Crippen LogP contribution in [0.1, 0.15) is 35.2 Å². The number of benzene rings is 1. The van der Waals surface area contributed by atoms with E-state index in [1.807, 2.05) is 42.2 Å². The quantitative estimate of drug-likeness (QED) is 0.545. The van der Waals surface area contributed by atoms with E-state index in [9.17, 15) is 9.59 Å². The minimum atomic E-state index is -0.135. The smallest absolute Gasteiger partial charge is 0.227 e. The number of nitrogens with zero attached hydrogens (tertiary/aromatic N) is 4. The molecule has 3 aromatic rings. The lowest BCUT2D eigenvalue weighted by Crippen LogP contribution is -2.36. The highest BCUT2D eigenvalue weighted by Gasteiger charge is 2.22. The molecule has 0 aliphatic carbocycles. The summed E-state index contributed by atoms with van der Waals surface area (Å²) < 4.78 is 0. The van der Waals surface area contributed by atoms with Crippen LogP contribution in [0, 0.1) is 6.92 Å². The molecule has 6 nitrogen and oxygen atoms in total. The summed E-state index contributed by atoms with van der Waals surface area (Å²) in [5.41, 5.74) is 2.49. The molecule has 0 unspecified atom stereocenters. The van der Waals surface area contributed by atoms with Crippen molar-refractivity contribution in [3.05, 3.63) is 88.3 Å². The van der Waals surface area contributed by atoms with Crippen LogP contribution < -0.4 is 4.90 Å². The first-order valence-corrected chi connectivity index (χ1v) is 11.1. The lowest BCUT2D eigenvalue weighted by atomic mass is 10.1. The number of carbonyl (C=O) groups excluding carboxylic acids is 2. The molecule has 3 heterocycles. The fourth-order valence-corrected chi connectivity index (χ4v) is 4.10. The van der Waals surface area contributed by atoms with Gasteiger partial charge >= 0.3 is 0 Å². The van der Waals surface area contributed by atoms with E-state index in [0.717, 1.165) is 24.3 Å². The van der Waals surface area contributed by atoms with Gasteiger partial charge in [0, 0.05) is 50.1 Å². The summed E-state index contributed by atoms with van der Waals surface area (Å²) in [6, 6.07) is 16.5. The van der Waals surface area contributed by atoms with Crippen molar-refractivity contribution in [3.8, 4) is 0 Å². The molecule has 7 heteroatoms. The van der Waals surface area contributed by atoms with Gasteiger partial charge in [-0.3, -0.25) is 14.6 Å². The topological polar surface area (TPSA) is 66.4 Å². The molecular weight excluding hydrogens is 424 g/mol. The second-order valence-corrected chi connectivity index (χ2v) is 8.24. The maximum absolute atomic E-state index is 12.9. The summed E-state index contributed by atoms with van der Waals surface area (Å²) in [7, 11) is 0. The number of hydrogen-bond acceptors (Lipinski definition) is 5. The third-order valence-electron chi connectivity index (χ3n) is 5.69. The molecule has 1 saturated heterocycles. The minimum absolute atomic E-state index is 0. The molecule has 1 aliphatic heterocycles. The van der Waals surface area contributed by atoms with E-state index in [0.29, 0.717) is 48.0 Å². The number of aromatic nitrogens is 2. The zero-order valence-electron chi connectivity index (χ0n) is 18.0. The standard InChI is InChI=1S/C25H25ClN4O2.H2/c1-18-20(8-5-12-27-18)25(32)22-10-4-11-23(28-22)29-13-6-14-30(16-15-29)24(31)17-19-7-2-3-9-21(19)26;/h2-5,7-12H,6,13-17H2,1H3;1H. The number of pyridine rings is 2. The highest BCUT2D eigenvalue weighted by atomic mass is 35.5. The van der Waals surface area contributed by atoms with E-state index in [2.05, 4.69) is 14.9 Å². The predicted molar refractivity (Wildman–Crippen MR) is 127 cm³/mol. The molecule has 1 aliphatic rings. The number of aryl methyl sites for hydroxylation is 1. The summed E-state index contributed by atoms with van der Waals surface area (Å²) >= 11 is 6.22. The van der Waals surface area contributed by atoms with Crippen molar-refractivity contribution in [3.63, 3.8) is 0 Å². The van der Waals surface area contributed by atoms with Crippen molar-refractivity contribution >= 4 is 29.1 Å². The minimum Gasteiger partial charge on any atom is -0.355 e. The van der Waals surface area contributed by atoms with Crippen LogP contribution in [0.25, 0.3) is 0 Å². The fourth-order valence-electron chi connectivity index (χ4n) is 3.90. The summed E-state index contributed by atoms with van der Waals surface area (Å²) in [6.07, 6.45) is 2.80. The average molecular weight is 451 g/mol. The molecule has 0 N–H and O–H groups in total.